The second-order valence-corrected chi connectivity index (χ2v) is 12.8. The third-order valence-electron chi connectivity index (χ3n) is 8.01. The van der Waals surface area contributed by atoms with Gasteiger partial charge < -0.3 is 20.5 Å². The van der Waals surface area contributed by atoms with Crippen molar-refractivity contribution in [3.8, 4) is 17.2 Å². The van der Waals surface area contributed by atoms with Gasteiger partial charge in [0.25, 0.3) is 11.8 Å². The van der Waals surface area contributed by atoms with Crippen molar-refractivity contribution in [1.82, 2.24) is 15.2 Å². The number of rotatable bonds is 11. The first-order valence-electron chi connectivity index (χ1n) is 15.8. The number of nitrogens with zero attached hydrogens (tertiary/aromatic N) is 3. The van der Waals surface area contributed by atoms with Gasteiger partial charge in [0.2, 0.25) is 0 Å². The predicted octanol–water partition coefficient (Wildman–Crippen LogP) is 6.04. The molecule has 1 fully saturated rings. The molecule has 3 N–H and O–H groups in total. The Balaban J connectivity index is 1.26. The third kappa shape index (κ3) is 8.91. The summed E-state index contributed by atoms with van der Waals surface area (Å²) in [7, 11) is 0. The maximum absolute atomic E-state index is 13.4. The maximum atomic E-state index is 13.4. The molecule has 0 unspecified atom stereocenters. The molecule has 4 aromatic rings. The highest BCUT2D eigenvalue weighted by atomic mass is 16.5. The number of aliphatic imine (C=N–C) groups is 1. The molecule has 2 amide bonds. The third-order valence-corrected chi connectivity index (χ3v) is 8.01. The van der Waals surface area contributed by atoms with E-state index in [9.17, 15) is 9.59 Å². The summed E-state index contributed by atoms with van der Waals surface area (Å²) < 4.78 is 12.0. The zero-order chi connectivity index (χ0) is 32.7. The van der Waals surface area contributed by atoms with Crippen LogP contribution in [0.2, 0.25) is 0 Å². The molecule has 1 aliphatic heterocycles. The lowest BCUT2D eigenvalue weighted by Crippen LogP contribution is -2.42. The minimum Gasteiger partial charge on any atom is -0.492 e. The second-order valence-electron chi connectivity index (χ2n) is 12.8. The van der Waals surface area contributed by atoms with Crippen LogP contribution in [0.5, 0.6) is 17.2 Å². The van der Waals surface area contributed by atoms with Gasteiger partial charge in [0, 0.05) is 24.5 Å². The first kappa shape index (κ1) is 32.6. The fraction of sp³-hybridized carbons (Fsp3) is 0.351. The molecule has 0 radical (unpaired) electrons. The highest BCUT2D eigenvalue weighted by Gasteiger charge is 2.23. The van der Waals surface area contributed by atoms with Gasteiger partial charge in [0.05, 0.1) is 5.84 Å². The number of amides is 2. The van der Waals surface area contributed by atoms with E-state index in [1.807, 2.05) is 54.6 Å². The molecular weight excluding hydrogens is 578 g/mol. The zero-order valence-electron chi connectivity index (χ0n) is 27.1. The standard InChI is InChI=1S/C37H43N5O4/c1-25(38)40-36(44)34(21-26-7-12-30(13-8-26)45-20-19-42-17-5-6-18-42)41-35(43)33-23-28-22-32(14-9-27(28)24-39-33)46-31-15-10-29(11-16-31)37(2,3)4/h7-16,22-24,34H,5-6,17-21H2,1-4H3,(H,41,43)(H2,38,40,44)/t34-/m0/s1. The molecule has 240 valence electrons. The Morgan fingerprint density at radius 2 is 1.61 bits per heavy atom. The second kappa shape index (κ2) is 14.6. The highest BCUT2D eigenvalue weighted by Crippen LogP contribution is 2.29. The van der Waals surface area contributed by atoms with E-state index in [0.717, 1.165) is 47.5 Å². The molecule has 2 heterocycles. The quantitative estimate of drug-likeness (QED) is 0.155. The molecular formula is C37H43N5O4. The predicted molar refractivity (Wildman–Crippen MR) is 182 cm³/mol. The van der Waals surface area contributed by atoms with Crippen molar-refractivity contribution in [3.05, 3.63) is 95.8 Å². The lowest BCUT2D eigenvalue weighted by Gasteiger charge is -2.19. The van der Waals surface area contributed by atoms with Crippen LogP contribution in [0.3, 0.4) is 0 Å². The van der Waals surface area contributed by atoms with E-state index >= 15 is 0 Å². The van der Waals surface area contributed by atoms with Gasteiger partial charge in [-0.05, 0) is 103 Å². The first-order valence-corrected chi connectivity index (χ1v) is 15.8. The van der Waals surface area contributed by atoms with Gasteiger partial charge in [-0.1, -0.05) is 45.0 Å². The summed E-state index contributed by atoms with van der Waals surface area (Å²) in [6.45, 7) is 11.8. The van der Waals surface area contributed by atoms with Crippen LogP contribution in [0.15, 0.2) is 84.0 Å². The minimum atomic E-state index is -0.934. The number of nitrogens with two attached hydrogens (primary N) is 1. The topological polar surface area (TPSA) is 119 Å². The van der Waals surface area contributed by atoms with Crippen LogP contribution < -0.4 is 20.5 Å². The van der Waals surface area contributed by atoms with E-state index in [2.05, 4.69) is 53.1 Å². The van der Waals surface area contributed by atoms with Gasteiger partial charge in [-0.15, -0.1) is 0 Å². The van der Waals surface area contributed by atoms with Gasteiger partial charge in [-0.2, -0.15) is 4.99 Å². The van der Waals surface area contributed by atoms with Crippen molar-refractivity contribution in [3.63, 3.8) is 0 Å². The molecule has 9 heteroatoms. The Morgan fingerprint density at radius 3 is 2.28 bits per heavy atom. The Hall–Kier alpha value is -4.76. The smallest absolute Gasteiger partial charge is 0.270 e. The number of aromatic nitrogens is 1. The Morgan fingerprint density at radius 1 is 0.935 bits per heavy atom. The van der Waals surface area contributed by atoms with Gasteiger partial charge in [-0.25, -0.2) is 0 Å². The Labute approximate surface area is 270 Å². The van der Waals surface area contributed by atoms with E-state index in [1.54, 1.807) is 12.3 Å². The average molecular weight is 622 g/mol. The minimum absolute atomic E-state index is 0.0523. The first-order chi connectivity index (χ1) is 22.0. The fourth-order valence-electron chi connectivity index (χ4n) is 5.41. The summed E-state index contributed by atoms with van der Waals surface area (Å²) in [5.41, 5.74) is 8.00. The molecule has 1 atom stereocenters. The molecule has 46 heavy (non-hydrogen) atoms. The lowest BCUT2D eigenvalue weighted by atomic mass is 9.87. The number of ether oxygens (including phenoxy) is 2. The highest BCUT2D eigenvalue weighted by molar-refractivity contribution is 6.01. The monoisotopic (exact) mass is 621 g/mol. The summed E-state index contributed by atoms with van der Waals surface area (Å²) in [6, 6.07) is 22.0. The van der Waals surface area contributed by atoms with E-state index < -0.39 is 17.9 Å². The number of likely N-dealkylation sites (tertiary alicyclic amines) is 1. The number of carbonyl (C=O) groups excluding carboxylic acids is 2. The van der Waals surface area contributed by atoms with Gasteiger partial charge in [0.1, 0.15) is 35.6 Å². The summed E-state index contributed by atoms with van der Waals surface area (Å²) in [5, 5.41) is 4.45. The SMILES string of the molecule is CC(N)=NC(=O)[C@H](Cc1ccc(OCCN2CCCC2)cc1)NC(=O)c1cc2cc(Oc3ccc(C(C)(C)C)cc3)ccc2cn1. The number of amidine groups is 1. The van der Waals surface area contributed by atoms with Crippen molar-refractivity contribution in [2.45, 2.75) is 58.4 Å². The largest absolute Gasteiger partial charge is 0.492 e. The Bertz CT molecular complexity index is 1680. The zero-order valence-corrected chi connectivity index (χ0v) is 27.1. The fourth-order valence-corrected chi connectivity index (χ4v) is 5.41. The number of hydrogen-bond acceptors (Lipinski definition) is 6. The molecule has 1 aliphatic rings. The van der Waals surface area contributed by atoms with Crippen molar-refractivity contribution in [2.75, 3.05) is 26.2 Å². The van der Waals surface area contributed by atoms with Crippen LogP contribution in [0.4, 0.5) is 0 Å². The normalized spacial score (nSPS) is 14.7. The van der Waals surface area contributed by atoms with Crippen molar-refractivity contribution < 1.29 is 19.1 Å². The van der Waals surface area contributed by atoms with E-state index in [4.69, 9.17) is 15.2 Å². The molecule has 1 aromatic heterocycles. The molecule has 0 saturated carbocycles. The van der Waals surface area contributed by atoms with Crippen molar-refractivity contribution >= 4 is 28.4 Å². The number of nitrogens with one attached hydrogen (secondary N) is 1. The van der Waals surface area contributed by atoms with Crippen LogP contribution in [0, 0.1) is 0 Å². The average Bonchev–Trinajstić information content (AvgIpc) is 3.54. The molecule has 5 rings (SSSR count). The van der Waals surface area contributed by atoms with Crippen molar-refractivity contribution in [2.24, 2.45) is 10.7 Å². The molecule has 9 nitrogen and oxygen atoms in total. The molecule has 0 bridgehead atoms. The van der Waals surface area contributed by atoms with Crippen LogP contribution >= 0.6 is 0 Å². The number of hydrogen-bond donors (Lipinski definition) is 2. The van der Waals surface area contributed by atoms with Crippen LogP contribution in [-0.2, 0) is 16.6 Å². The van der Waals surface area contributed by atoms with E-state index in [-0.39, 0.29) is 23.4 Å². The van der Waals surface area contributed by atoms with Crippen LogP contribution in [-0.4, -0.2) is 59.8 Å². The molecule has 0 spiro atoms. The van der Waals surface area contributed by atoms with E-state index in [1.165, 1.54) is 25.3 Å². The Kier molecular flexibility index (Phi) is 10.3. The summed E-state index contributed by atoms with van der Waals surface area (Å²) in [5.74, 6) is 1.21. The maximum Gasteiger partial charge on any atom is 0.270 e. The van der Waals surface area contributed by atoms with Crippen molar-refractivity contribution in [1.29, 1.82) is 0 Å². The lowest BCUT2D eigenvalue weighted by molar-refractivity contribution is -0.119. The number of carbonyl (C=O) groups is 2. The summed E-state index contributed by atoms with van der Waals surface area (Å²) in [6.07, 6.45) is 4.36. The summed E-state index contributed by atoms with van der Waals surface area (Å²) in [4.78, 5) is 37.1. The van der Waals surface area contributed by atoms with Gasteiger partial charge >= 0.3 is 0 Å². The van der Waals surface area contributed by atoms with Crippen LogP contribution in [0.25, 0.3) is 10.8 Å². The summed E-state index contributed by atoms with van der Waals surface area (Å²) >= 11 is 0. The molecule has 3 aromatic carbocycles. The molecule has 0 aliphatic carbocycles. The van der Waals surface area contributed by atoms with Crippen LogP contribution in [0.1, 0.15) is 62.2 Å². The van der Waals surface area contributed by atoms with Gasteiger partial charge in [-0.3, -0.25) is 19.5 Å². The number of fused-ring (bicyclic) bond motifs is 1. The number of pyridine rings is 1. The van der Waals surface area contributed by atoms with E-state index in [0.29, 0.717) is 12.4 Å². The van der Waals surface area contributed by atoms with Gasteiger partial charge in [0.15, 0.2) is 0 Å². The molecule has 1 saturated heterocycles. The number of benzene rings is 3.